The van der Waals surface area contributed by atoms with Crippen molar-refractivity contribution in [3.8, 4) is 10.6 Å². The van der Waals surface area contributed by atoms with Crippen molar-refractivity contribution in [1.82, 2.24) is 10.3 Å². The molecule has 148 valence electrons. The van der Waals surface area contributed by atoms with Crippen molar-refractivity contribution in [3.63, 3.8) is 0 Å². The number of hydrogen-bond acceptors (Lipinski definition) is 5. The average Bonchev–Trinajstić information content (AvgIpc) is 3.09. The highest BCUT2D eigenvalue weighted by atomic mass is 32.1. The Kier molecular flexibility index (Phi) is 5.57. The van der Waals surface area contributed by atoms with E-state index in [1.807, 2.05) is 66.4 Å². The number of carbonyl (C=O) groups excluding carboxylic acids is 2. The summed E-state index contributed by atoms with van der Waals surface area (Å²) < 4.78 is 0. The number of nitrogens with zero attached hydrogens (tertiary/aromatic N) is 2. The zero-order valence-corrected chi connectivity index (χ0v) is 17.0. The van der Waals surface area contributed by atoms with Gasteiger partial charge in [0.2, 0.25) is 11.8 Å². The molecule has 0 spiro atoms. The van der Waals surface area contributed by atoms with Gasteiger partial charge in [-0.3, -0.25) is 9.59 Å². The number of rotatable bonds is 5. The van der Waals surface area contributed by atoms with Crippen LogP contribution in [0, 0.1) is 6.92 Å². The summed E-state index contributed by atoms with van der Waals surface area (Å²) in [6.45, 7) is 3.55. The van der Waals surface area contributed by atoms with Gasteiger partial charge in [-0.15, -0.1) is 11.3 Å². The summed E-state index contributed by atoms with van der Waals surface area (Å²) in [5.41, 5.74) is 3.52. The van der Waals surface area contributed by atoms with Gasteiger partial charge in [0.1, 0.15) is 5.01 Å². The van der Waals surface area contributed by atoms with E-state index in [-0.39, 0.29) is 18.2 Å². The van der Waals surface area contributed by atoms with E-state index in [1.54, 1.807) is 11.3 Å². The largest absolute Gasteiger partial charge is 0.359 e. The predicted octanol–water partition coefficient (Wildman–Crippen LogP) is 3.24. The molecule has 0 atom stereocenters. The molecule has 0 bridgehead atoms. The second kappa shape index (κ2) is 8.45. The van der Waals surface area contributed by atoms with Crippen LogP contribution in [0.15, 0.2) is 54.6 Å². The summed E-state index contributed by atoms with van der Waals surface area (Å²) in [6, 6.07) is 17.6. The van der Waals surface area contributed by atoms with Crippen LogP contribution in [0.4, 0.5) is 11.4 Å². The number of anilines is 2. The standard InChI is InChI=1S/C22H22N4O2S/c1-15-19(29-22(24-15)16-7-3-2-4-8-16)13-20(27)25-17-9-5-6-10-18(17)26-12-11-23-21(28)14-26/h2-10H,11-14H2,1H3,(H,23,28)(H,25,27). The molecule has 0 unspecified atom stereocenters. The van der Waals surface area contributed by atoms with Crippen molar-refractivity contribution < 1.29 is 9.59 Å². The van der Waals surface area contributed by atoms with Gasteiger partial charge in [-0.05, 0) is 19.1 Å². The molecule has 2 N–H and O–H groups in total. The van der Waals surface area contributed by atoms with Gasteiger partial charge in [0.05, 0.1) is 30.0 Å². The molecule has 1 aromatic heterocycles. The number of piperazine rings is 1. The van der Waals surface area contributed by atoms with E-state index in [2.05, 4.69) is 15.6 Å². The average molecular weight is 407 g/mol. The van der Waals surface area contributed by atoms with E-state index in [9.17, 15) is 9.59 Å². The van der Waals surface area contributed by atoms with Crippen LogP contribution in [-0.4, -0.2) is 36.4 Å². The number of aryl methyl sites for hydroxylation is 1. The Hall–Kier alpha value is -3.19. The van der Waals surface area contributed by atoms with E-state index in [0.29, 0.717) is 19.6 Å². The van der Waals surface area contributed by atoms with E-state index in [1.165, 1.54) is 0 Å². The smallest absolute Gasteiger partial charge is 0.239 e. The Morgan fingerprint density at radius 1 is 1.17 bits per heavy atom. The van der Waals surface area contributed by atoms with Crippen LogP contribution in [0.25, 0.3) is 10.6 Å². The van der Waals surface area contributed by atoms with Gasteiger partial charge in [-0.25, -0.2) is 4.98 Å². The van der Waals surface area contributed by atoms with Gasteiger partial charge in [0, 0.05) is 23.5 Å². The maximum atomic E-state index is 12.7. The lowest BCUT2D eigenvalue weighted by Crippen LogP contribution is -2.47. The minimum atomic E-state index is -0.0923. The normalized spacial score (nSPS) is 13.8. The lowest BCUT2D eigenvalue weighted by molar-refractivity contribution is -0.120. The van der Waals surface area contributed by atoms with E-state index >= 15 is 0 Å². The lowest BCUT2D eigenvalue weighted by atomic mass is 10.2. The molecule has 3 aromatic rings. The number of hydrogen-bond donors (Lipinski definition) is 2. The molecule has 7 heteroatoms. The third-order valence-electron chi connectivity index (χ3n) is 4.79. The quantitative estimate of drug-likeness (QED) is 0.682. The number of nitrogens with one attached hydrogen (secondary N) is 2. The minimum absolute atomic E-state index is 0.00824. The number of carbonyl (C=O) groups is 2. The first-order valence-corrected chi connectivity index (χ1v) is 10.3. The van der Waals surface area contributed by atoms with Crippen molar-refractivity contribution in [2.24, 2.45) is 0 Å². The summed E-state index contributed by atoms with van der Waals surface area (Å²) in [4.78, 5) is 32.0. The molecular weight excluding hydrogens is 384 g/mol. The SMILES string of the molecule is Cc1nc(-c2ccccc2)sc1CC(=O)Nc1ccccc1N1CCNC(=O)C1. The van der Waals surface area contributed by atoms with Crippen LogP contribution in [0.1, 0.15) is 10.6 Å². The third kappa shape index (κ3) is 4.46. The van der Waals surface area contributed by atoms with Crippen molar-refractivity contribution in [1.29, 1.82) is 0 Å². The Bertz CT molecular complexity index is 1030. The number of aromatic nitrogens is 1. The Labute approximate surface area is 173 Å². The first-order valence-electron chi connectivity index (χ1n) is 9.52. The van der Waals surface area contributed by atoms with Crippen molar-refractivity contribution in [3.05, 3.63) is 65.2 Å². The van der Waals surface area contributed by atoms with E-state index in [4.69, 9.17) is 0 Å². The Balaban J connectivity index is 1.48. The molecule has 1 saturated heterocycles. The molecule has 29 heavy (non-hydrogen) atoms. The fourth-order valence-electron chi connectivity index (χ4n) is 3.34. The summed E-state index contributed by atoms with van der Waals surface area (Å²) in [6.07, 6.45) is 0.269. The van der Waals surface area contributed by atoms with Crippen LogP contribution in [0.5, 0.6) is 0 Å². The van der Waals surface area contributed by atoms with Crippen LogP contribution in [0.2, 0.25) is 0 Å². The molecule has 0 saturated carbocycles. The van der Waals surface area contributed by atoms with Gasteiger partial charge >= 0.3 is 0 Å². The highest BCUT2D eigenvalue weighted by Gasteiger charge is 2.20. The van der Waals surface area contributed by atoms with E-state index in [0.717, 1.165) is 32.5 Å². The molecule has 2 aromatic carbocycles. The van der Waals surface area contributed by atoms with Gasteiger partial charge in [0.25, 0.3) is 0 Å². The number of amides is 2. The van der Waals surface area contributed by atoms with Crippen LogP contribution in [0.3, 0.4) is 0 Å². The maximum absolute atomic E-state index is 12.7. The summed E-state index contributed by atoms with van der Waals surface area (Å²) >= 11 is 1.55. The fourth-order valence-corrected chi connectivity index (χ4v) is 4.40. The number of benzene rings is 2. The molecular formula is C22H22N4O2S. The van der Waals surface area contributed by atoms with Crippen LogP contribution in [-0.2, 0) is 16.0 Å². The zero-order chi connectivity index (χ0) is 20.2. The van der Waals surface area contributed by atoms with E-state index < -0.39 is 0 Å². The topological polar surface area (TPSA) is 74.3 Å². The van der Waals surface area contributed by atoms with Gasteiger partial charge in [0.15, 0.2) is 0 Å². The zero-order valence-electron chi connectivity index (χ0n) is 16.1. The van der Waals surface area contributed by atoms with Crippen molar-refractivity contribution in [2.45, 2.75) is 13.3 Å². The first-order chi connectivity index (χ1) is 14.1. The summed E-state index contributed by atoms with van der Waals surface area (Å²) in [7, 11) is 0. The first kappa shape index (κ1) is 19.1. The van der Waals surface area contributed by atoms with Crippen molar-refractivity contribution in [2.75, 3.05) is 29.9 Å². The van der Waals surface area contributed by atoms with Gasteiger partial charge in [-0.1, -0.05) is 42.5 Å². The van der Waals surface area contributed by atoms with Crippen LogP contribution >= 0.6 is 11.3 Å². The monoisotopic (exact) mass is 406 g/mol. The molecule has 0 aliphatic carbocycles. The Morgan fingerprint density at radius 3 is 2.72 bits per heavy atom. The molecule has 2 amide bonds. The molecule has 6 nitrogen and oxygen atoms in total. The molecule has 0 radical (unpaired) electrons. The second-order valence-electron chi connectivity index (χ2n) is 6.91. The molecule has 1 fully saturated rings. The molecule has 2 heterocycles. The predicted molar refractivity (Wildman–Crippen MR) is 116 cm³/mol. The maximum Gasteiger partial charge on any atom is 0.239 e. The van der Waals surface area contributed by atoms with Crippen molar-refractivity contribution >= 4 is 34.5 Å². The minimum Gasteiger partial charge on any atom is -0.359 e. The molecule has 1 aliphatic heterocycles. The van der Waals surface area contributed by atoms with Crippen LogP contribution < -0.4 is 15.5 Å². The summed E-state index contributed by atoms with van der Waals surface area (Å²) in [5, 5.41) is 6.76. The summed E-state index contributed by atoms with van der Waals surface area (Å²) in [5.74, 6) is -0.101. The number of para-hydroxylation sites is 2. The lowest BCUT2D eigenvalue weighted by Gasteiger charge is -2.30. The molecule has 4 rings (SSSR count). The van der Waals surface area contributed by atoms with Gasteiger partial charge < -0.3 is 15.5 Å². The second-order valence-corrected chi connectivity index (χ2v) is 7.99. The van der Waals surface area contributed by atoms with Gasteiger partial charge in [-0.2, -0.15) is 0 Å². The fraction of sp³-hybridized carbons (Fsp3) is 0.227. The number of thiazole rings is 1. The highest BCUT2D eigenvalue weighted by Crippen LogP contribution is 2.29. The molecule has 1 aliphatic rings. The highest BCUT2D eigenvalue weighted by molar-refractivity contribution is 7.15. The Morgan fingerprint density at radius 2 is 1.93 bits per heavy atom. The third-order valence-corrected chi connectivity index (χ3v) is 6.00.